The van der Waals surface area contributed by atoms with E-state index in [1.165, 1.54) is 55.9 Å². The molecule has 0 aliphatic heterocycles. The molecule has 0 amide bonds. The molecule has 0 N–H and O–H groups in total. The van der Waals surface area contributed by atoms with Crippen molar-refractivity contribution in [1.29, 1.82) is 0 Å². The molecule has 0 radical (unpaired) electrons. The predicted molar refractivity (Wildman–Crippen MR) is 229 cm³/mol. The zero-order valence-electron chi connectivity index (χ0n) is 31.7. The van der Waals surface area contributed by atoms with Crippen molar-refractivity contribution in [3.8, 4) is 51.0 Å². The maximum absolute atomic E-state index is 5.21. The SMILES string of the molecule is CC1(C)CCC(C)(C)c2c1ccc1c3ccccc3n(-c3ccc(-c4nc(-c5ccccc5)nc(-c5ccc(-c6ccccc6)c6ccccc56)n4)cc3)c21. The van der Waals surface area contributed by atoms with Crippen LogP contribution in [-0.4, -0.2) is 19.5 Å². The maximum atomic E-state index is 5.21. The highest BCUT2D eigenvalue weighted by Crippen LogP contribution is 2.50. The third-order valence-electron chi connectivity index (χ3n) is 11.9. The molecule has 0 unspecified atom stereocenters. The summed E-state index contributed by atoms with van der Waals surface area (Å²) < 4.78 is 2.49. The fourth-order valence-electron chi connectivity index (χ4n) is 8.92. The van der Waals surface area contributed by atoms with Gasteiger partial charge in [-0.05, 0) is 93.1 Å². The van der Waals surface area contributed by atoms with Gasteiger partial charge in [0.1, 0.15) is 0 Å². The molecule has 4 nitrogen and oxygen atoms in total. The Balaban J connectivity index is 1.15. The normalized spacial score (nSPS) is 14.7. The first kappa shape index (κ1) is 33.2. The number of aromatic nitrogens is 4. The second kappa shape index (κ2) is 12.6. The van der Waals surface area contributed by atoms with E-state index in [0.717, 1.165) is 34.2 Å². The van der Waals surface area contributed by atoms with Crippen LogP contribution in [0.4, 0.5) is 0 Å². The summed E-state index contributed by atoms with van der Waals surface area (Å²) in [5, 5.41) is 4.86. The highest BCUT2D eigenvalue weighted by atomic mass is 15.0. The molecule has 9 aromatic rings. The summed E-state index contributed by atoms with van der Waals surface area (Å²) in [6.45, 7) is 9.66. The lowest BCUT2D eigenvalue weighted by Crippen LogP contribution is -2.34. The molecule has 0 saturated carbocycles. The average molecular weight is 711 g/mol. The van der Waals surface area contributed by atoms with Crippen LogP contribution in [0.25, 0.3) is 83.6 Å². The summed E-state index contributed by atoms with van der Waals surface area (Å²) in [5.41, 5.74) is 12.0. The van der Waals surface area contributed by atoms with Crippen molar-refractivity contribution in [3.63, 3.8) is 0 Å². The van der Waals surface area contributed by atoms with Gasteiger partial charge in [-0.25, -0.2) is 15.0 Å². The average Bonchev–Trinajstić information content (AvgIpc) is 3.57. The zero-order valence-corrected chi connectivity index (χ0v) is 31.7. The molecule has 266 valence electrons. The van der Waals surface area contributed by atoms with Crippen LogP contribution in [-0.2, 0) is 10.8 Å². The minimum atomic E-state index is 0.0506. The Labute approximate surface area is 322 Å². The number of fused-ring (bicyclic) bond motifs is 6. The number of hydrogen-bond donors (Lipinski definition) is 0. The van der Waals surface area contributed by atoms with Crippen molar-refractivity contribution in [2.75, 3.05) is 0 Å². The van der Waals surface area contributed by atoms with E-state index in [1.54, 1.807) is 0 Å². The lowest BCUT2D eigenvalue weighted by atomic mass is 9.62. The second-order valence-corrected chi connectivity index (χ2v) is 16.3. The molecular weight excluding hydrogens is 669 g/mol. The number of nitrogens with zero attached hydrogens (tertiary/aromatic N) is 4. The summed E-state index contributed by atoms with van der Waals surface area (Å²) in [6, 6.07) is 56.1. The van der Waals surface area contributed by atoms with E-state index in [-0.39, 0.29) is 10.8 Å². The van der Waals surface area contributed by atoms with E-state index in [0.29, 0.717) is 17.5 Å². The van der Waals surface area contributed by atoms with Crippen molar-refractivity contribution in [2.24, 2.45) is 0 Å². The molecule has 10 rings (SSSR count). The highest BCUT2D eigenvalue weighted by Gasteiger charge is 2.39. The Hall–Kier alpha value is -6.39. The number of hydrogen-bond acceptors (Lipinski definition) is 3. The lowest BCUT2D eigenvalue weighted by Gasteiger charge is -2.42. The van der Waals surface area contributed by atoms with Gasteiger partial charge < -0.3 is 4.57 Å². The van der Waals surface area contributed by atoms with E-state index in [9.17, 15) is 0 Å². The third kappa shape index (κ3) is 5.47. The van der Waals surface area contributed by atoms with Crippen LogP contribution in [0.5, 0.6) is 0 Å². The molecule has 1 aliphatic carbocycles. The van der Waals surface area contributed by atoms with Gasteiger partial charge in [-0.2, -0.15) is 0 Å². The van der Waals surface area contributed by atoms with Crippen LogP contribution in [0.15, 0.2) is 158 Å². The van der Waals surface area contributed by atoms with Crippen molar-refractivity contribution in [2.45, 2.75) is 51.4 Å². The lowest BCUT2D eigenvalue weighted by molar-refractivity contribution is 0.334. The van der Waals surface area contributed by atoms with E-state index in [4.69, 9.17) is 15.0 Å². The molecule has 0 spiro atoms. The van der Waals surface area contributed by atoms with Crippen molar-refractivity contribution in [1.82, 2.24) is 19.5 Å². The Bertz CT molecular complexity index is 2900. The zero-order chi connectivity index (χ0) is 37.3. The summed E-state index contributed by atoms with van der Waals surface area (Å²) in [4.78, 5) is 15.4. The summed E-state index contributed by atoms with van der Waals surface area (Å²) >= 11 is 0. The predicted octanol–water partition coefficient (Wildman–Crippen LogP) is 13.1. The van der Waals surface area contributed by atoms with Crippen LogP contribution < -0.4 is 0 Å². The molecule has 0 bridgehead atoms. The second-order valence-electron chi connectivity index (χ2n) is 16.3. The van der Waals surface area contributed by atoms with E-state index < -0.39 is 0 Å². The van der Waals surface area contributed by atoms with Crippen molar-refractivity contribution >= 4 is 32.6 Å². The number of para-hydroxylation sites is 1. The van der Waals surface area contributed by atoms with Gasteiger partial charge in [0.15, 0.2) is 17.5 Å². The standard InChI is InChI=1S/C51H42N4/c1-50(2)31-32-51(3,4)45-43(50)30-29-41-40-21-13-14-22-44(40)55(46(41)45)36-25-23-35(24-26-36)48-52-47(34-17-9-6-10-18-34)53-49(54-48)42-28-27-37(33-15-7-5-8-16-33)38-19-11-12-20-39(38)42/h5-30H,31-32H2,1-4H3. The van der Waals surface area contributed by atoms with Gasteiger partial charge in [0.05, 0.1) is 11.0 Å². The smallest absolute Gasteiger partial charge is 0.164 e. The van der Waals surface area contributed by atoms with Gasteiger partial charge in [-0.3, -0.25) is 0 Å². The Morgan fingerprint density at radius 3 is 1.64 bits per heavy atom. The quantitative estimate of drug-likeness (QED) is 0.179. The molecule has 0 fully saturated rings. The van der Waals surface area contributed by atoms with E-state index in [1.807, 2.05) is 18.2 Å². The molecule has 4 heteroatoms. The first-order valence-electron chi connectivity index (χ1n) is 19.3. The van der Waals surface area contributed by atoms with Crippen LogP contribution in [0.2, 0.25) is 0 Å². The van der Waals surface area contributed by atoms with Gasteiger partial charge in [0, 0.05) is 33.2 Å². The monoisotopic (exact) mass is 710 g/mol. The first-order chi connectivity index (χ1) is 26.8. The molecule has 0 saturated heterocycles. The minimum Gasteiger partial charge on any atom is -0.309 e. The molecular formula is C51H42N4. The minimum absolute atomic E-state index is 0.0506. The number of rotatable bonds is 5. The molecule has 1 aliphatic rings. The van der Waals surface area contributed by atoms with Crippen molar-refractivity contribution < 1.29 is 0 Å². The van der Waals surface area contributed by atoms with E-state index >= 15 is 0 Å². The van der Waals surface area contributed by atoms with Gasteiger partial charge in [0.25, 0.3) is 0 Å². The summed E-state index contributed by atoms with van der Waals surface area (Å²) in [6.07, 6.45) is 2.33. The van der Waals surface area contributed by atoms with Crippen LogP contribution >= 0.6 is 0 Å². The van der Waals surface area contributed by atoms with Gasteiger partial charge in [0.2, 0.25) is 0 Å². The highest BCUT2D eigenvalue weighted by molar-refractivity contribution is 6.11. The Morgan fingerprint density at radius 1 is 0.418 bits per heavy atom. The molecule has 2 aromatic heterocycles. The van der Waals surface area contributed by atoms with E-state index in [2.05, 4.69) is 172 Å². The molecule has 2 heterocycles. The summed E-state index contributed by atoms with van der Waals surface area (Å²) in [5.74, 6) is 1.96. The van der Waals surface area contributed by atoms with Gasteiger partial charge in [-0.15, -0.1) is 0 Å². The molecule has 55 heavy (non-hydrogen) atoms. The summed E-state index contributed by atoms with van der Waals surface area (Å²) in [7, 11) is 0. The maximum Gasteiger partial charge on any atom is 0.164 e. The van der Waals surface area contributed by atoms with Crippen LogP contribution in [0.3, 0.4) is 0 Å². The van der Waals surface area contributed by atoms with Gasteiger partial charge in [-0.1, -0.05) is 149 Å². The largest absolute Gasteiger partial charge is 0.309 e. The third-order valence-corrected chi connectivity index (χ3v) is 11.9. The van der Waals surface area contributed by atoms with Crippen molar-refractivity contribution in [3.05, 3.63) is 169 Å². The topological polar surface area (TPSA) is 43.6 Å². The number of benzene rings is 7. The first-order valence-corrected chi connectivity index (χ1v) is 19.3. The van der Waals surface area contributed by atoms with Crippen LogP contribution in [0.1, 0.15) is 51.7 Å². The fourth-order valence-corrected chi connectivity index (χ4v) is 8.92. The molecule has 0 atom stereocenters. The van der Waals surface area contributed by atoms with Gasteiger partial charge >= 0.3 is 0 Å². The Kier molecular flexibility index (Phi) is 7.60. The van der Waals surface area contributed by atoms with Crippen LogP contribution in [0, 0.1) is 0 Å². The Morgan fingerprint density at radius 2 is 0.945 bits per heavy atom. The fraction of sp³-hybridized carbons (Fsp3) is 0.157. The molecule has 7 aromatic carbocycles.